The van der Waals surface area contributed by atoms with E-state index in [2.05, 4.69) is 39.9 Å². The fourth-order valence-electron chi connectivity index (χ4n) is 3.36. The summed E-state index contributed by atoms with van der Waals surface area (Å²) in [6, 6.07) is 7.60. The third-order valence-electron chi connectivity index (χ3n) is 4.63. The molecule has 2 amide bonds. The van der Waals surface area contributed by atoms with Gasteiger partial charge in [0.1, 0.15) is 0 Å². The lowest BCUT2D eigenvalue weighted by atomic mass is 9.87. The Bertz CT molecular complexity index is 577. The second kappa shape index (κ2) is 7.37. The fourth-order valence-corrected chi connectivity index (χ4v) is 3.36. The van der Waals surface area contributed by atoms with Crippen LogP contribution in [0.5, 0.6) is 0 Å². The summed E-state index contributed by atoms with van der Waals surface area (Å²) in [6.07, 6.45) is 1.16. The van der Waals surface area contributed by atoms with Crippen LogP contribution in [0.25, 0.3) is 0 Å². The van der Waals surface area contributed by atoms with E-state index in [-0.39, 0.29) is 23.8 Å². The van der Waals surface area contributed by atoms with E-state index in [4.69, 9.17) is 0 Å². The Morgan fingerprint density at radius 1 is 1.08 bits per heavy atom. The first-order valence-corrected chi connectivity index (χ1v) is 8.83. The summed E-state index contributed by atoms with van der Waals surface area (Å²) in [5.41, 5.74) is 1.84. The summed E-state index contributed by atoms with van der Waals surface area (Å²) in [5, 5.41) is 2.75. The lowest BCUT2D eigenvalue weighted by Gasteiger charge is -2.35. The molecule has 1 aliphatic rings. The zero-order valence-corrected chi connectivity index (χ0v) is 15.6. The van der Waals surface area contributed by atoms with Gasteiger partial charge in [0.15, 0.2) is 0 Å². The van der Waals surface area contributed by atoms with Gasteiger partial charge < -0.3 is 10.2 Å². The van der Waals surface area contributed by atoms with Gasteiger partial charge in [-0.05, 0) is 41.4 Å². The van der Waals surface area contributed by atoms with Gasteiger partial charge in [0.05, 0.1) is 6.54 Å². The Morgan fingerprint density at radius 3 is 2.12 bits per heavy atom. The fraction of sp³-hybridized carbons (Fsp3) is 0.600. The summed E-state index contributed by atoms with van der Waals surface area (Å²) >= 11 is 0. The standard InChI is InChI=1S/C20H30N2O2/c1-14-10-15(2)13-22(12-14)18(23)11-21-19(24)16-6-8-17(9-7-16)20(3,4)5/h6-9,14-15H,10-13H2,1-5H3,(H,21,24). The largest absolute Gasteiger partial charge is 0.343 e. The highest BCUT2D eigenvalue weighted by atomic mass is 16.2. The van der Waals surface area contributed by atoms with Gasteiger partial charge in [0.2, 0.25) is 5.91 Å². The smallest absolute Gasteiger partial charge is 0.251 e. The minimum Gasteiger partial charge on any atom is -0.343 e. The number of hydrogen-bond donors (Lipinski definition) is 1. The Labute approximate surface area is 145 Å². The van der Waals surface area contributed by atoms with Crippen LogP contribution < -0.4 is 5.32 Å². The monoisotopic (exact) mass is 330 g/mol. The van der Waals surface area contributed by atoms with Crippen LogP contribution in [0, 0.1) is 11.8 Å². The van der Waals surface area contributed by atoms with Crippen molar-refractivity contribution in [1.29, 1.82) is 0 Å². The maximum absolute atomic E-state index is 12.3. The maximum Gasteiger partial charge on any atom is 0.251 e. The molecule has 4 heteroatoms. The second-order valence-electron chi connectivity index (χ2n) is 8.25. The van der Waals surface area contributed by atoms with Gasteiger partial charge in [-0.15, -0.1) is 0 Å². The Morgan fingerprint density at radius 2 is 1.62 bits per heavy atom. The first-order valence-electron chi connectivity index (χ1n) is 8.83. The summed E-state index contributed by atoms with van der Waals surface area (Å²) in [5.74, 6) is 0.867. The number of amides is 2. The predicted octanol–water partition coefficient (Wildman–Crippen LogP) is 3.22. The van der Waals surface area contributed by atoms with Crippen molar-refractivity contribution in [3.8, 4) is 0 Å². The Kier molecular flexibility index (Phi) is 5.68. The predicted molar refractivity (Wildman–Crippen MR) is 97.0 cm³/mol. The van der Waals surface area contributed by atoms with Crippen LogP contribution in [0.2, 0.25) is 0 Å². The first kappa shape index (κ1) is 18.5. The third-order valence-corrected chi connectivity index (χ3v) is 4.63. The molecule has 0 aromatic heterocycles. The number of rotatable bonds is 3. The van der Waals surface area contributed by atoms with Crippen molar-refractivity contribution in [1.82, 2.24) is 10.2 Å². The molecule has 0 bridgehead atoms. The molecule has 1 N–H and O–H groups in total. The van der Waals surface area contributed by atoms with Crippen molar-refractivity contribution in [2.45, 2.75) is 46.5 Å². The van der Waals surface area contributed by atoms with E-state index in [0.717, 1.165) is 19.5 Å². The summed E-state index contributed by atoms with van der Waals surface area (Å²) in [6.45, 7) is 12.4. The number of benzene rings is 1. The molecule has 1 saturated heterocycles. The summed E-state index contributed by atoms with van der Waals surface area (Å²) in [7, 11) is 0. The van der Waals surface area contributed by atoms with Crippen molar-refractivity contribution >= 4 is 11.8 Å². The van der Waals surface area contributed by atoms with E-state index in [1.165, 1.54) is 5.56 Å². The van der Waals surface area contributed by atoms with Gasteiger partial charge in [0.25, 0.3) is 5.91 Å². The number of nitrogens with one attached hydrogen (secondary N) is 1. The highest BCUT2D eigenvalue weighted by Crippen LogP contribution is 2.22. The molecule has 2 rings (SSSR count). The van der Waals surface area contributed by atoms with E-state index in [0.29, 0.717) is 17.4 Å². The first-order chi connectivity index (χ1) is 11.2. The Hall–Kier alpha value is -1.84. The maximum atomic E-state index is 12.3. The molecule has 2 unspecified atom stereocenters. The van der Waals surface area contributed by atoms with Crippen molar-refractivity contribution in [2.75, 3.05) is 19.6 Å². The second-order valence-corrected chi connectivity index (χ2v) is 8.25. The van der Waals surface area contributed by atoms with Crippen LogP contribution in [0.15, 0.2) is 24.3 Å². The lowest BCUT2D eigenvalue weighted by molar-refractivity contribution is -0.132. The van der Waals surface area contributed by atoms with Gasteiger partial charge in [-0.2, -0.15) is 0 Å². The van der Waals surface area contributed by atoms with Gasteiger partial charge in [0, 0.05) is 18.7 Å². The lowest BCUT2D eigenvalue weighted by Crippen LogP contribution is -2.46. The molecule has 1 heterocycles. The molecule has 0 radical (unpaired) electrons. The number of piperidine rings is 1. The molecule has 0 aliphatic carbocycles. The van der Waals surface area contributed by atoms with Crippen molar-refractivity contribution in [3.63, 3.8) is 0 Å². The van der Waals surface area contributed by atoms with E-state index in [1.807, 2.05) is 29.2 Å². The number of likely N-dealkylation sites (tertiary alicyclic amines) is 1. The summed E-state index contributed by atoms with van der Waals surface area (Å²) in [4.78, 5) is 26.4. The summed E-state index contributed by atoms with van der Waals surface area (Å²) < 4.78 is 0. The average Bonchev–Trinajstić information content (AvgIpc) is 2.50. The van der Waals surface area contributed by atoms with E-state index in [9.17, 15) is 9.59 Å². The zero-order chi connectivity index (χ0) is 17.9. The molecule has 1 aromatic rings. The molecular formula is C20H30N2O2. The van der Waals surface area contributed by atoms with E-state index < -0.39 is 0 Å². The quantitative estimate of drug-likeness (QED) is 0.925. The minimum atomic E-state index is -0.193. The number of hydrogen-bond acceptors (Lipinski definition) is 2. The van der Waals surface area contributed by atoms with Gasteiger partial charge >= 0.3 is 0 Å². The molecular weight excluding hydrogens is 300 g/mol. The molecule has 132 valence electrons. The zero-order valence-electron chi connectivity index (χ0n) is 15.6. The minimum absolute atomic E-state index is 0.00746. The van der Waals surface area contributed by atoms with Crippen molar-refractivity contribution in [3.05, 3.63) is 35.4 Å². The van der Waals surface area contributed by atoms with Crippen LogP contribution in [0.3, 0.4) is 0 Å². The molecule has 0 saturated carbocycles. The normalized spacial score (nSPS) is 21.5. The topological polar surface area (TPSA) is 49.4 Å². The van der Waals surface area contributed by atoms with Crippen molar-refractivity contribution in [2.24, 2.45) is 11.8 Å². The van der Waals surface area contributed by atoms with Crippen LogP contribution in [0.4, 0.5) is 0 Å². The van der Waals surface area contributed by atoms with Crippen LogP contribution in [-0.2, 0) is 10.2 Å². The highest BCUT2D eigenvalue weighted by Gasteiger charge is 2.25. The molecule has 4 nitrogen and oxygen atoms in total. The van der Waals surface area contributed by atoms with Crippen molar-refractivity contribution < 1.29 is 9.59 Å². The van der Waals surface area contributed by atoms with Crippen LogP contribution >= 0.6 is 0 Å². The Balaban J connectivity index is 1.89. The van der Waals surface area contributed by atoms with E-state index in [1.54, 1.807) is 0 Å². The van der Waals surface area contributed by atoms with Crippen LogP contribution in [-0.4, -0.2) is 36.3 Å². The SMILES string of the molecule is CC1CC(C)CN(C(=O)CNC(=O)c2ccc(C(C)(C)C)cc2)C1. The molecule has 1 aliphatic heterocycles. The molecule has 0 spiro atoms. The van der Waals surface area contributed by atoms with Gasteiger partial charge in [-0.25, -0.2) is 0 Å². The van der Waals surface area contributed by atoms with Gasteiger partial charge in [-0.1, -0.05) is 46.8 Å². The molecule has 1 aromatic carbocycles. The molecule has 24 heavy (non-hydrogen) atoms. The number of carbonyl (C=O) groups excluding carboxylic acids is 2. The number of nitrogens with zero attached hydrogens (tertiary/aromatic N) is 1. The molecule has 2 atom stereocenters. The van der Waals surface area contributed by atoms with Crippen LogP contribution in [0.1, 0.15) is 57.0 Å². The molecule has 1 fully saturated rings. The highest BCUT2D eigenvalue weighted by molar-refractivity contribution is 5.96. The third kappa shape index (κ3) is 4.83. The van der Waals surface area contributed by atoms with E-state index >= 15 is 0 Å². The average molecular weight is 330 g/mol. The van der Waals surface area contributed by atoms with Gasteiger partial charge in [-0.3, -0.25) is 9.59 Å². The number of carbonyl (C=O) groups is 2.